The molecule has 30 heavy (non-hydrogen) atoms. The quantitative estimate of drug-likeness (QED) is 0.454. The van der Waals surface area contributed by atoms with Gasteiger partial charge in [-0.25, -0.2) is 8.42 Å². The average molecular weight is 435 g/mol. The molecule has 0 aliphatic carbocycles. The van der Waals surface area contributed by atoms with Crippen LogP contribution in [0, 0.1) is 10.1 Å². The van der Waals surface area contributed by atoms with Crippen molar-refractivity contribution < 1.29 is 18.1 Å². The largest absolute Gasteiger partial charge is 0.360 e. The third-order valence-electron chi connectivity index (χ3n) is 4.43. The predicted octanol–water partition coefficient (Wildman–Crippen LogP) is 2.77. The molecule has 0 saturated carbocycles. The summed E-state index contributed by atoms with van der Waals surface area (Å²) in [6.07, 6.45) is 0.775. The summed E-state index contributed by atoms with van der Waals surface area (Å²) in [5.41, 5.74) is 0.246. The van der Waals surface area contributed by atoms with Crippen molar-refractivity contribution >= 4 is 33.0 Å². The van der Waals surface area contributed by atoms with Crippen LogP contribution in [0.15, 0.2) is 53.4 Å². The van der Waals surface area contributed by atoms with Gasteiger partial charge in [-0.2, -0.15) is 0 Å². The predicted molar refractivity (Wildman–Crippen MR) is 116 cm³/mol. The second kappa shape index (κ2) is 10.1. The lowest BCUT2D eigenvalue weighted by Crippen LogP contribution is -2.35. The fourth-order valence-corrected chi connectivity index (χ4v) is 4.46. The van der Waals surface area contributed by atoms with E-state index < -0.39 is 14.9 Å². The molecule has 2 rings (SSSR count). The second-order valence-electron chi connectivity index (χ2n) is 6.62. The second-order valence-corrected chi connectivity index (χ2v) is 8.48. The smallest absolute Gasteiger partial charge is 0.293 e. The fourth-order valence-electron chi connectivity index (χ4n) is 2.97. The number of carbonyl (C=O) groups excluding carboxylic acids is 1. The van der Waals surface area contributed by atoms with Crippen LogP contribution in [0.2, 0.25) is 0 Å². The number of likely N-dealkylation sites (N-methyl/N-ethyl adjacent to an activating group) is 1. The van der Waals surface area contributed by atoms with Gasteiger partial charge in [-0.15, -0.1) is 0 Å². The summed E-state index contributed by atoms with van der Waals surface area (Å²) in [5, 5.41) is 14.3. The maximum Gasteiger partial charge on any atom is 0.293 e. The molecule has 0 aliphatic heterocycles. The van der Waals surface area contributed by atoms with Gasteiger partial charge in [-0.3, -0.25) is 19.2 Å². The molecule has 0 spiro atoms. The van der Waals surface area contributed by atoms with Crippen LogP contribution in [0.4, 0.5) is 17.1 Å². The van der Waals surface area contributed by atoms with Crippen molar-refractivity contribution in [2.75, 3.05) is 35.9 Å². The Balaban J connectivity index is 2.40. The Morgan fingerprint density at radius 1 is 1.13 bits per heavy atom. The van der Waals surface area contributed by atoms with Crippen molar-refractivity contribution in [1.82, 2.24) is 5.32 Å². The summed E-state index contributed by atoms with van der Waals surface area (Å²) < 4.78 is 27.5. The van der Waals surface area contributed by atoms with Crippen LogP contribution in [0.5, 0.6) is 0 Å². The van der Waals surface area contributed by atoms with E-state index in [2.05, 4.69) is 5.32 Å². The summed E-state index contributed by atoms with van der Waals surface area (Å²) in [7, 11) is -2.46. The van der Waals surface area contributed by atoms with Gasteiger partial charge in [0, 0.05) is 26.2 Å². The number of sulfonamides is 1. The molecule has 2 aromatic rings. The van der Waals surface area contributed by atoms with Crippen molar-refractivity contribution in [3.8, 4) is 0 Å². The maximum atomic E-state index is 13.1. The van der Waals surface area contributed by atoms with Gasteiger partial charge < -0.3 is 10.2 Å². The molecule has 162 valence electrons. The molecule has 0 bridgehead atoms. The van der Waals surface area contributed by atoms with Crippen molar-refractivity contribution in [3.05, 3.63) is 58.6 Å². The number of nitro groups is 1. The first-order valence-electron chi connectivity index (χ1n) is 9.56. The van der Waals surface area contributed by atoms with Gasteiger partial charge in [0.25, 0.3) is 15.7 Å². The first kappa shape index (κ1) is 23.1. The Labute approximate surface area is 176 Å². The van der Waals surface area contributed by atoms with Crippen LogP contribution < -0.4 is 14.5 Å². The van der Waals surface area contributed by atoms with Gasteiger partial charge >= 0.3 is 0 Å². The summed E-state index contributed by atoms with van der Waals surface area (Å²) in [4.78, 5) is 24.2. The number of hydrogen-bond acceptors (Lipinski definition) is 6. The standard InChI is InChI=1S/C20H26N4O5S/c1-4-13-21-20(25)15-22(3)18-12-11-17(14-19(18)24(26)27)30(28,29)23(5-2)16-9-7-6-8-10-16/h6-12,14H,4-5,13,15H2,1-3H3,(H,21,25). The number of benzene rings is 2. The van der Waals surface area contributed by atoms with Crippen LogP contribution >= 0.6 is 0 Å². The molecule has 0 unspecified atom stereocenters. The van der Waals surface area contributed by atoms with Crippen molar-refractivity contribution in [2.24, 2.45) is 0 Å². The highest BCUT2D eigenvalue weighted by molar-refractivity contribution is 7.92. The third kappa shape index (κ3) is 5.26. The molecule has 1 N–H and O–H groups in total. The van der Waals surface area contributed by atoms with Gasteiger partial charge in [-0.1, -0.05) is 25.1 Å². The molecule has 0 heterocycles. The molecule has 2 aromatic carbocycles. The minimum atomic E-state index is -4.01. The number of carbonyl (C=O) groups is 1. The first-order chi connectivity index (χ1) is 14.2. The summed E-state index contributed by atoms with van der Waals surface area (Å²) >= 11 is 0. The highest BCUT2D eigenvalue weighted by atomic mass is 32.2. The minimum Gasteiger partial charge on any atom is -0.360 e. The molecule has 0 aromatic heterocycles. The van der Waals surface area contributed by atoms with Crippen LogP contribution in [0.1, 0.15) is 20.3 Å². The molecule has 0 aliphatic rings. The van der Waals surface area contributed by atoms with E-state index in [9.17, 15) is 23.3 Å². The van der Waals surface area contributed by atoms with Crippen molar-refractivity contribution in [3.63, 3.8) is 0 Å². The van der Waals surface area contributed by atoms with E-state index in [0.29, 0.717) is 12.2 Å². The van der Waals surface area contributed by atoms with Gasteiger partial charge in [0.1, 0.15) is 5.69 Å². The van der Waals surface area contributed by atoms with Gasteiger partial charge in [0.15, 0.2) is 0 Å². The average Bonchev–Trinajstić information content (AvgIpc) is 2.72. The van der Waals surface area contributed by atoms with E-state index in [4.69, 9.17) is 0 Å². The van der Waals surface area contributed by atoms with E-state index in [1.165, 1.54) is 21.3 Å². The fraction of sp³-hybridized carbons (Fsp3) is 0.350. The topological polar surface area (TPSA) is 113 Å². The molecule has 0 atom stereocenters. The van der Waals surface area contributed by atoms with E-state index in [-0.39, 0.29) is 35.3 Å². The van der Waals surface area contributed by atoms with Crippen LogP contribution in [-0.2, 0) is 14.8 Å². The lowest BCUT2D eigenvalue weighted by atomic mass is 10.2. The minimum absolute atomic E-state index is 0.0853. The number of nitro benzene ring substituents is 1. The highest BCUT2D eigenvalue weighted by Crippen LogP contribution is 2.32. The molecule has 0 radical (unpaired) electrons. The normalized spacial score (nSPS) is 11.0. The molecule has 0 saturated heterocycles. The SMILES string of the molecule is CCCNC(=O)CN(C)c1ccc(S(=O)(=O)N(CC)c2ccccc2)cc1[N+](=O)[O-]. The van der Waals surface area contributed by atoms with E-state index in [1.54, 1.807) is 44.3 Å². The lowest BCUT2D eigenvalue weighted by molar-refractivity contribution is -0.384. The molecule has 1 amide bonds. The lowest BCUT2D eigenvalue weighted by Gasteiger charge is -2.24. The number of amides is 1. The summed E-state index contributed by atoms with van der Waals surface area (Å²) in [6.45, 7) is 4.20. The molecular formula is C20H26N4O5S. The maximum absolute atomic E-state index is 13.1. The number of para-hydroxylation sites is 1. The Morgan fingerprint density at radius 2 is 1.80 bits per heavy atom. The van der Waals surface area contributed by atoms with E-state index in [0.717, 1.165) is 12.5 Å². The first-order valence-corrected chi connectivity index (χ1v) is 11.0. The Kier molecular flexibility index (Phi) is 7.76. The third-order valence-corrected chi connectivity index (χ3v) is 6.33. The molecule has 9 nitrogen and oxygen atoms in total. The summed E-state index contributed by atoms with van der Waals surface area (Å²) in [5.74, 6) is -0.272. The Bertz CT molecular complexity index is 996. The zero-order chi connectivity index (χ0) is 22.3. The van der Waals surface area contributed by atoms with Gasteiger partial charge in [-0.05, 0) is 37.6 Å². The van der Waals surface area contributed by atoms with Crippen molar-refractivity contribution in [1.29, 1.82) is 0 Å². The van der Waals surface area contributed by atoms with Crippen LogP contribution in [-0.4, -0.2) is 45.9 Å². The summed E-state index contributed by atoms with van der Waals surface area (Å²) in [6, 6.07) is 12.3. The number of nitrogens with zero attached hydrogens (tertiary/aromatic N) is 3. The zero-order valence-electron chi connectivity index (χ0n) is 17.2. The van der Waals surface area contributed by atoms with E-state index >= 15 is 0 Å². The van der Waals surface area contributed by atoms with Crippen molar-refractivity contribution in [2.45, 2.75) is 25.2 Å². The Hall–Kier alpha value is -3.14. The molecular weight excluding hydrogens is 408 g/mol. The van der Waals surface area contributed by atoms with Crippen LogP contribution in [0.3, 0.4) is 0 Å². The van der Waals surface area contributed by atoms with Gasteiger partial charge in [0.05, 0.1) is 22.1 Å². The zero-order valence-corrected chi connectivity index (χ0v) is 18.1. The number of rotatable bonds is 10. The monoisotopic (exact) mass is 434 g/mol. The number of anilines is 2. The molecule has 10 heteroatoms. The van der Waals surface area contributed by atoms with Gasteiger partial charge in [0.2, 0.25) is 5.91 Å². The Morgan fingerprint density at radius 3 is 2.37 bits per heavy atom. The van der Waals surface area contributed by atoms with E-state index in [1.807, 2.05) is 6.92 Å². The number of nitrogens with one attached hydrogen (secondary N) is 1. The van der Waals surface area contributed by atoms with Crippen LogP contribution in [0.25, 0.3) is 0 Å². The highest BCUT2D eigenvalue weighted by Gasteiger charge is 2.28. The number of hydrogen-bond donors (Lipinski definition) is 1. The molecule has 0 fully saturated rings.